The van der Waals surface area contributed by atoms with Gasteiger partial charge in [0, 0.05) is 0 Å². The third-order valence-corrected chi connectivity index (χ3v) is 4.93. The van der Waals surface area contributed by atoms with Crippen molar-refractivity contribution >= 4 is 28.4 Å². The number of benzene rings is 2. The summed E-state index contributed by atoms with van der Waals surface area (Å²) in [5, 5.41) is 5.64. The minimum absolute atomic E-state index is 0. The Morgan fingerprint density at radius 1 is 0.571 bits per heavy atom. The van der Waals surface area contributed by atoms with E-state index in [2.05, 4.69) is 90.1 Å². The van der Waals surface area contributed by atoms with Crippen LogP contribution in [0.1, 0.15) is 33.4 Å². The second-order valence-corrected chi connectivity index (χ2v) is 7.12. The van der Waals surface area contributed by atoms with Gasteiger partial charge in [-0.25, -0.2) is 0 Å². The molecule has 0 radical (unpaired) electrons. The molecule has 0 fully saturated rings. The van der Waals surface area contributed by atoms with Crippen LogP contribution >= 0.6 is 0 Å². The van der Waals surface area contributed by atoms with Crippen LogP contribution in [0.15, 0.2) is 48.5 Å². The van der Waals surface area contributed by atoms with Crippen molar-refractivity contribution < 1.29 is 48.1 Å². The molecule has 4 aromatic carbocycles. The van der Waals surface area contributed by atoms with Gasteiger partial charge in [0.2, 0.25) is 0 Å². The van der Waals surface area contributed by atoms with Gasteiger partial charge in [-0.05, 0) is 13.8 Å². The van der Waals surface area contributed by atoms with Crippen LogP contribution in [0.4, 0.5) is 0 Å². The maximum atomic E-state index is 2.26. The molecule has 0 nitrogen and oxygen atoms in total. The van der Waals surface area contributed by atoms with Gasteiger partial charge in [0.25, 0.3) is 0 Å². The van der Waals surface area contributed by atoms with E-state index in [9.17, 15) is 0 Å². The van der Waals surface area contributed by atoms with E-state index in [0.717, 1.165) is 0 Å². The zero-order valence-electron chi connectivity index (χ0n) is 17.6. The molecule has 0 N–H and O–H groups in total. The van der Waals surface area contributed by atoms with Crippen LogP contribution in [-0.2, 0) is 23.3 Å². The van der Waals surface area contributed by atoms with E-state index in [-0.39, 0.29) is 24.8 Å². The molecule has 0 heterocycles. The van der Waals surface area contributed by atoms with Gasteiger partial charge >= 0.3 is 30.2 Å². The van der Waals surface area contributed by atoms with Crippen LogP contribution in [0.2, 0.25) is 0 Å². The van der Waals surface area contributed by atoms with Gasteiger partial charge in [-0.2, -0.15) is 12.1 Å². The monoisotopic (exact) mass is 504 g/mol. The molecule has 4 rings (SSSR count). The van der Waals surface area contributed by atoms with E-state index in [1.807, 2.05) is 6.88 Å². The fourth-order valence-electron chi connectivity index (χ4n) is 3.47. The maximum absolute atomic E-state index is 2.26. The average molecular weight is 507 g/mol. The number of rotatable bonds is 0. The van der Waals surface area contributed by atoms with Gasteiger partial charge in [-0.15, -0.1) is 68.1 Å². The summed E-state index contributed by atoms with van der Waals surface area (Å²) >= 11 is 1.58. The van der Waals surface area contributed by atoms with Crippen molar-refractivity contribution in [1.29, 1.82) is 0 Å². The van der Waals surface area contributed by atoms with Crippen molar-refractivity contribution in [2.24, 2.45) is 0 Å². The molecule has 0 saturated heterocycles. The van der Waals surface area contributed by atoms with E-state index < -0.39 is 0 Å². The van der Waals surface area contributed by atoms with Crippen LogP contribution < -0.4 is 24.8 Å². The molecule has 148 valence electrons. The fraction of sp³-hybridized carbons (Fsp3) is 0.250. The van der Waals surface area contributed by atoms with Gasteiger partial charge in [0.15, 0.2) is 0 Å². The molecule has 0 atom stereocenters. The van der Waals surface area contributed by atoms with Gasteiger partial charge in [-0.1, -0.05) is 51.0 Å². The molecule has 0 aliphatic rings. The zero-order valence-corrected chi connectivity index (χ0v) is 23.0. The quantitative estimate of drug-likeness (QED) is 0.234. The molecular weight excluding hydrogens is 478 g/mol. The molecule has 0 aromatic heterocycles. The summed E-state index contributed by atoms with van der Waals surface area (Å²) in [5.74, 6) is 0. The Labute approximate surface area is 198 Å². The van der Waals surface area contributed by atoms with Crippen molar-refractivity contribution in [2.45, 2.75) is 41.5 Å². The number of hydrogen-bond donors (Lipinski definition) is 0. The fourth-order valence-corrected chi connectivity index (χ4v) is 3.47. The predicted octanol–water partition coefficient (Wildman–Crippen LogP) is 0.0572. The van der Waals surface area contributed by atoms with Crippen LogP contribution in [-0.4, -0.2) is 6.88 Å². The minimum atomic E-state index is 0. The van der Waals surface area contributed by atoms with Crippen molar-refractivity contribution in [3.63, 3.8) is 0 Å². The van der Waals surface area contributed by atoms with E-state index in [0.29, 0.717) is 0 Å². The summed E-state index contributed by atoms with van der Waals surface area (Å²) in [4.78, 5) is 0. The second-order valence-electron chi connectivity index (χ2n) is 7.12. The Bertz CT molecular complexity index is 882. The molecule has 0 bridgehead atoms. The van der Waals surface area contributed by atoms with Crippen molar-refractivity contribution in [3.8, 4) is 0 Å². The summed E-state index contributed by atoms with van der Waals surface area (Å²) in [6.45, 7) is 14.9. The molecule has 0 aliphatic carbocycles. The first-order valence-corrected chi connectivity index (χ1v) is 14.9. The van der Waals surface area contributed by atoms with Crippen molar-refractivity contribution in [3.05, 3.63) is 81.9 Å². The first-order valence-electron chi connectivity index (χ1n) is 8.98. The van der Waals surface area contributed by atoms with Gasteiger partial charge in [0.1, 0.15) is 0 Å². The van der Waals surface area contributed by atoms with E-state index >= 15 is 0 Å². The Morgan fingerprint density at radius 3 is 1.14 bits per heavy atom. The molecule has 0 spiro atoms. The zero-order chi connectivity index (χ0) is 19.4. The van der Waals surface area contributed by atoms with E-state index in [4.69, 9.17) is 0 Å². The summed E-state index contributed by atoms with van der Waals surface area (Å²) in [6, 6.07) is 17.8. The van der Waals surface area contributed by atoms with Crippen molar-refractivity contribution in [2.75, 3.05) is 0 Å². The third-order valence-electron chi connectivity index (χ3n) is 4.93. The number of aryl methyl sites for hydroxylation is 6. The first kappa shape index (κ1) is 27.3. The number of halogens is 2. The van der Waals surface area contributed by atoms with Crippen molar-refractivity contribution in [1.82, 2.24) is 0 Å². The Balaban J connectivity index is 0.000000449. The average Bonchev–Trinajstić information content (AvgIpc) is 3.21. The third kappa shape index (κ3) is 6.17. The van der Waals surface area contributed by atoms with Crippen LogP contribution in [0.5, 0.6) is 0 Å². The molecule has 0 aliphatic heterocycles. The van der Waals surface area contributed by atoms with Crippen LogP contribution in [0, 0.1) is 41.5 Å². The summed E-state index contributed by atoms with van der Waals surface area (Å²) < 4.78 is 0. The van der Waals surface area contributed by atoms with Gasteiger partial charge in [-0.3, -0.25) is 0 Å². The standard InChI is InChI=1S/2C12H13.2ClH.H2Si.Zr/c2*1-8-6-11-9(2)4-5-10(3)12(11)7-8;;;;/h2*4-7H,1-3H3;2*1H;1H2;/q2*-1;;;;+2/p-2. The topological polar surface area (TPSA) is 0 Å². The SMILES string of the molecule is Cc1cc2c(C)ccc(C)c2[cH-]1.Cc1cc2c(C)ccc(C)c2[cH-]1.[Cl-].[Cl-].[SiH2]=[Zr+2]. The predicted molar refractivity (Wildman–Crippen MR) is 116 cm³/mol. The normalized spacial score (nSPS) is 9.57. The molecular formula is C24H28Cl2SiZr-2. The molecule has 4 aromatic rings. The number of hydrogen-bond acceptors (Lipinski definition) is 0. The summed E-state index contributed by atoms with van der Waals surface area (Å²) in [6.07, 6.45) is 0. The Kier molecular flexibility index (Phi) is 11.8. The second kappa shape index (κ2) is 12.1. The van der Waals surface area contributed by atoms with Crippen LogP contribution in [0.3, 0.4) is 0 Å². The van der Waals surface area contributed by atoms with Crippen LogP contribution in [0.25, 0.3) is 21.5 Å². The summed E-state index contributed by atoms with van der Waals surface area (Å²) in [5.41, 5.74) is 8.24. The summed E-state index contributed by atoms with van der Waals surface area (Å²) in [7, 11) is 0. The Hall–Kier alpha value is -0.660. The van der Waals surface area contributed by atoms with E-state index in [1.54, 1.807) is 23.3 Å². The number of fused-ring (bicyclic) bond motifs is 2. The molecule has 0 unspecified atom stereocenters. The molecule has 0 saturated carbocycles. The molecule has 0 amide bonds. The van der Waals surface area contributed by atoms with Gasteiger partial charge < -0.3 is 24.8 Å². The van der Waals surface area contributed by atoms with Gasteiger partial charge in [0.05, 0.1) is 0 Å². The first-order chi connectivity index (χ1) is 12.4. The Morgan fingerprint density at radius 2 is 0.857 bits per heavy atom. The van der Waals surface area contributed by atoms with E-state index in [1.165, 1.54) is 54.9 Å². The molecule has 28 heavy (non-hydrogen) atoms. The molecule has 4 heteroatoms.